The highest BCUT2D eigenvalue weighted by atomic mass is 35.5. The maximum atomic E-state index is 13.6. The Labute approximate surface area is 197 Å². The summed E-state index contributed by atoms with van der Waals surface area (Å²) in [5.74, 6) is 0.105. The average molecular weight is 499 g/mol. The molecule has 182 valence electrons. The Morgan fingerprint density at radius 1 is 1.18 bits per heavy atom. The highest BCUT2D eigenvalue weighted by Crippen LogP contribution is 2.35. The van der Waals surface area contributed by atoms with Gasteiger partial charge in [-0.2, -0.15) is 18.3 Å². The molecule has 34 heavy (non-hydrogen) atoms. The number of aromatic amines is 2. The van der Waals surface area contributed by atoms with Crippen molar-refractivity contribution in [3.05, 3.63) is 86.3 Å². The van der Waals surface area contributed by atoms with Crippen LogP contribution < -0.4 is 5.69 Å². The van der Waals surface area contributed by atoms with Gasteiger partial charge in [-0.3, -0.25) is 9.88 Å². The number of aromatic nitrogens is 3. The molecule has 0 bridgehead atoms. The molecule has 0 aliphatic carbocycles. The number of H-pyrrole nitrogens is 2. The largest absolute Gasteiger partial charge is 0.416 e. The Morgan fingerprint density at radius 2 is 1.94 bits per heavy atom. The fourth-order valence-electron chi connectivity index (χ4n) is 4.30. The van der Waals surface area contributed by atoms with Crippen LogP contribution in [-0.2, 0) is 23.9 Å². The number of halogens is 5. The van der Waals surface area contributed by atoms with Crippen molar-refractivity contribution in [1.29, 1.82) is 0 Å². The molecule has 1 saturated heterocycles. The molecule has 2 atom stereocenters. The van der Waals surface area contributed by atoms with E-state index >= 15 is 0 Å². The number of hydrogen-bond donors (Lipinski definition) is 2. The molecule has 0 unspecified atom stereocenters. The van der Waals surface area contributed by atoms with Gasteiger partial charge >= 0.3 is 11.9 Å². The van der Waals surface area contributed by atoms with Gasteiger partial charge in [0.05, 0.1) is 30.9 Å². The van der Waals surface area contributed by atoms with E-state index in [4.69, 9.17) is 16.3 Å². The summed E-state index contributed by atoms with van der Waals surface area (Å²) in [5.41, 5.74) is 0.0294. The maximum Gasteiger partial charge on any atom is 0.416 e. The lowest BCUT2D eigenvalue weighted by Crippen LogP contribution is -2.43. The van der Waals surface area contributed by atoms with Crippen LogP contribution in [0, 0.1) is 5.82 Å². The van der Waals surface area contributed by atoms with E-state index in [1.807, 2.05) is 0 Å². The van der Waals surface area contributed by atoms with Gasteiger partial charge in [-0.15, -0.1) is 0 Å². The lowest BCUT2D eigenvalue weighted by Gasteiger charge is -2.41. The van der Waals surface area contributed by atoms with E-state index in [2.05, 4.69) is 20.1 Å². The van der Waals surface area contributed by atoms with E-state index in [1.165, 1.54) is 18.2 Å². The molecule has 2 heterocycles. The minimum absolute atomic E-state index is 0.163. The van der Waals surface area contributed by atoms with Crippen molar-refractivity contribution >= 4 is 11.6 Å². The van der Waals surface area contributed by atoms with Crippen molar-refractivity contribution in [3.63, 3.8) is 0 Å². The highest BCUT2D eigenvalue weighted by Gasteiger charge is 2.34. The van der Waals surface area contributed by atoms with Gasteiger partial charge in [-0.1, -0.05) is 23.7 Å². The molecule has 6 nitrogen and oxygen atoms in total. The molecule has 0 radical (unpaired) electrons. The number of nitrogens with one attached hydrogen (secondary N) is 2. The lowest BCUT2D eigenvalue weighted by atomic mass is 9.92. The third-order valence-corrected chi connectivity index (χ3v) is 6.24. The predicted octanol–water partition coefficient (Wildman–Crippen LogP) is 4.87. The van der Waals surface area contributed by atoms with Crippen LogP contribution >= 0.6 is 11.6 Å². The Morgan fingerprint density at radius 3 is 2.62 bits per heavy atom. The van der Waals surface area contributed by atoms with E-state index in [-0.39, 0.29) is 36.0 Å². The quantitative estimate of drug-likeness (QED) is 0.456. The van der Waals surface area contributed by atoms with Gasteiger partial charge in [-0.05, 0) is 67.3 Å². The topological polar surface area (TPSA) is 74.0 Å². The molecular weight excluding hydrogens is 476 g/mol. The summed E-state index contributed by atoms with van der Waals surface area (Å²) in [4.78, 5) is 16.2. The first kappa shape index (κ1) is 24.4. The number of hydrogen-bond acceptors (Lipinski definition) is 4. The van der Waals surface area contributed by atoms with Gasteiger partial charge in [0.15, 0.2) is 0 Å². The Bertz CT molecular complexity index is 1160. The molecule has 0 saturated carbocycles. The SMILES string of the molecule is O=c1[nH]nc(CN2CCC[C@H](OCCc3cc(C(F)(F)F)ccc3Cl)[C@@H]2c2ccc(F)cc2)[nH]1. The first-order valence-corrected chi connectivity index (χ1v) is 11.2. The molecule has 1 fully saturated rings. The van der Waals surface area contributed by atoms with Gasteiger partial charge in [0.25, 0.3) is 0 Å². The van der Waals surface area contributed by atoms with Crippen molar-refractivity contribution in [2.24, 2.45) is 0 Å². The minimum atomic E-state index is -4.45. The zero-order valence-corrected chi connectivity index (χ0v) is 18.8. The second-order valence-corrected chi connectivity index (χ2v) is 8.60. The van der Waals surface area contributed by atoms with Gasteiger partial charge < -0.3 is 4.74 Å². The molecule has 4 rings (SSSR count). The maximum absolute atomic E-state index is 13.6. The standard InChI is InChI=1S/C23H23ClF4N4O2/c24-18-8-5-16(23(26,27)28)12-15(18)9-11-34-19-2-1-10-32(13-20-29-22(33)31-30-20)21(19)14-3-6-17(25)7-4-14/h3-8,12,19,21H,1-2,9-11,13H2,(H2,29,30,31,33)/t19-,21-/m0/s1. The Balaban J connectivity index is 1.51. The molecule has 2 aromatic carbocycles. The minimum Gasteiger partial charge on any atom is -0.376 e. The van der Waals surface area contributed by atoms with Crippen LogP contribution in [0.15, 0.2) is 47.3 Å². The molecule has 1 aliphatic rings. The van der Waals surface area contributed by atoms with Crippen LogP contribution in [0.2, 0.25) is 5.02 Å². The van der Waals surface area contributed by atoms with E-state index < -0.39 is 17.4 Å². The zero-order chi connectivity index (χ0) is 24.3. The average Bonchev–Trinajstić information content (AvgIpc) is 3.20. The van der Waals surface area contributed by atoms with Gasteiger partial charge in [0.1, 0.15) is 11.6 Å². The summed E-state index contributed by atoms with van der Waals surface area (Å²) in [6.45, 7) is 1.22. The van der Waals surface area contributed by atoms with Crippen LogP contribution in [0.1, 0.15) is 41.4 Å². The van der Waals surface area contributed by atoms with Crippen molar-refractivity contribution in [1.82, 2.24) is 20.1 Å². The van der Waals surface area contributed by atoms with Crippen molar-refractivity contribution in [2.45, 2.75) is 44.1 Å². The number of likely N-dealkylation sites (tertiary alicyclic amines) is 1. The number of nitrogens with zero attached hydrogens (tertiary/aromatic N) is 2. The van der Waals surface area contributed by atoms with E-state index in [0.717, 1.165) is 24.1 Å². The molecule has 3 aromatic rings. The highest BCUT2D eigenvalue weighted by molar-refractivity contribution is 6.31. The number of ether oxygens (including phenoxy) is 1. The van der Waals surface area contributed by atoms with Crippen LogP contribution in [0.3, 0.4) is 0 Å². The summed E-state index contributed by atoms with van der Waals surface area (Å²) in [6, 6.07) is 9.10. The Hall–Kier alpha value is -2.69. The number of benzene rings is 2. The van der Waals surface area contributed by atoms with Crippen molar-refractivity contribution in [3.8, 4) is 0 Å². The molecule has 0 spiro atoms. The summed E-state index contributed by atoms with van der Waals surface area (Å²) < 4.78 is 58.9. The Kier molecular flexibility index (Phi) is 7.39. The summed E-state index contributed by atoms with van der Waals surface area (Å²) in [7, 11) is 0. The molecule has 0 amide bonds. The normalized spacial score (nSPS) is 19.4. The fraction of sp³-hybridized carbons (Fsp3) is 0.391. The summed E-state index contributed by atoms with van der Waals surface area (Å²) in [6.07, 6.45) is -3.02. The third kappa shape index (κ3) is 5.86. The molecule has 11 heteroatoms. The molecule has 2 N–H and O–H groups in total. The monoisotopic (exact) mass is 498 g/mol. The smallest absolute Gasteiger partial charge is 0.376 e. The van der Waals surface area contributed by atoms with Crippen molar-refractivity contribution in [2.75, 3.05) is 13.2 Å². The number of piperidine rings is 1. The van der Waals surface area contributed by atoms with Crippen LogP contribution in [0.4, 0.5) is 17.6 Å². The number of alkyl halides is 3. The van der Waals surface area contributed by atoms with Crippen LogP contribution in [0.5, 0.6) is 0 Å². The van der Waals surface area contributed by atoms with Crippen LogP contribution in [0.25, 0.3) is 0 Å². The summed E-state index contributed by atoms with van der Waals surface area (Å²) >= 11 is 6.12. The van der Waals surface area contributed by atoms with E-state index in [1.54, 1.807) is 12.1 Å². The second kappa shape index (κ2) is 10.3. The zero-order valence-electron chi connectivity index (χ0n) is 18.0. The third-order valence-electron chi connectivity index (χ3n) is 5.87. The fourth-order valence-corrected chi connectivity index (χ4v) is 4.51. The molecule has 1 aliphatic heterocycles. The van der Waals surface area contributed by atoms with Gasteiger partial charge in [-0.25, -0.2) is 14.3 Å². The van der Waals surface area contributed by atoms with Crippen LogP contribution in [-0.4, -0.2) is 39.3 Å². The predicted molar refractivity (Wildman–Crippen MR) is 118 cm³/mol. The molecule has 1 aromatic heterocycles. The van der Waals surface area contributed by atoms with Gasteiger partial charge in [0, 0.05) is 5.02 Å². The lowest BCUT2D eigenvalue weighted by molar-refractivity contribution is -0.137. The van der Waals surface area contributed by atoms with E-state index in [9.17, 15) is 22.4 Å². The second-order valence-electron chi connectivity index (χ2n) is 8.20. The summed E-state index contributed by atoms with van der Waals surface area (Å²) in [5, 5.41) is 6.57. The number of rotatable bonds is 7. The first-order valence-electron chi connectivity index (χ1n) is 10.8. The first-order chi connectivity index (χ1) is 16.2. The molecular formula is C23H23ClF4N4O2. The van der Waals surface area contributed by atoms with Crippen molar-refractivity contribution < 1.29 is 22.3 Å². The van der Waals surface area contributed by atoms with Gasteiger partial charge in [0.2, 0.25) is 0 Å². The van der Waals surface area contributed by atoms with E-state index in [0.29, 0.717) is 30.9 Å².